The monoisotopic (exact) mass is 273 g/mol. The van der Waals surface area contributed by atoms with Gasteiger partial charge in [-0.25, -0.2) is 8.78 Å². The van der Waals surface area contributed by atoms with Gasteiger partial charge in [0, 0.05) is 18.1 Å². The largest absolute Gasteiger partial charge is 0.493 e. The summed E-state index contributed by atoms with van der Waals surface area (Å²) in [5, 5.41) is 0. The number of hydrogen-bond acceptors (Lipinski definition) is 3. The van der Waals surface area contributed by atoms with Crippen LogP contribution in [0.25, 0.3) is 0 Å². The summed E-state index contributed by atoms with van der Waals surface area (Å²) in [6.45, 7) is 3.28. The second-order valence-corrected chi connectivity index (χ2v) is 4.67. The Balaban J connectivity index is 3.40. The van der Waals surface area contributed by atoms with Crippen molar-refractivity contribution in [2.45, 2.75) is 32.1 Å². The molecule has 0 aliphatic carbocycles. The molecule has 0 aliphatic heterocycles. The van der Waals surface area contributed by atoms with Gasteiger partial charge in [0.05, 0.1) is 14.2 Å². The molecule has 5 heteroatoms. The van der Waals surface area contributed by atoms with Crippen LogP contribution >= 0.6 is 0 Å². The summed E-state index contributed by atoms with van der Waals surface area (Å²) < 4.78 is 37.5. The minimum atomic E-state index is -2.92. The van der Waals surface area contributed by atoms with Crippen LogP contribution in [0, 0.1) is 0 Å². The van der Waals surface area contributed by atoms with Crippen molar-refractivity contribution in [3.63, 3.8) is 0 Å². The molecule has 0 spiro atoms. The third-order valence-electron chi connectivity index (χ3n) is 3.15. The third-order valence-corrected chi connectivity index (χ3v) is 3.15. The zero-order chi connectivity index (χ0) is 14.6. The van der Waals surface area contributed by atoms with Gasteiger partial charge < -0.3 is 15.2 Å². The molecule has 1 aromatic rings. The fourth-order valence-corrected chi connectivity index (χ4v) is 2.02. The number of halogens is 2. The van der Waals surface area contributed by atoms with Crippen molar-refractivity contribution in [3.05, 3.63) is 23.3 Å². The first-order valence-electron chi connectivity index (χ1n) is 6.19. The van der Waals surface area contributed by atoms with E-state index in [1.54, 1.807) is 0 Å². The van der Waals surface area contributed by atoms with Gasteiger partial charge in [-0.05, 0) is 31.0 Å². The predicted octanol–water partition coefficient (Wildman–Crippen LogP) is 3.27. The highest BCUT2D eigenvalue weighted by Crippen LogP contribution is 2.41. The quantitative estimate of drug-likeness (QED) is 0.865. The van der Waals surface area contributed by atoms with Crippen LogP contribution in [0.15, 0.2) is 12.1 Å². The lowest BCUT2D eigenvalue weighted by Crippen LogP contribution is -2.11. The zero-order valence-electron chi connectivity index (χ0n) is 11.8. The van der Waals surface area contributed by atoms with Crippen molar-refractivity contribution in [2.75, 3.05) is 20.8 Å². The molecule has 0 bridgehead atoms. The van der Waals surface area contributed by atoms with Gasteiger partial charge in [0.15, 0.2) is 11.5 Å². The molecule has 1 rings (SSSR count). The average Bonchev–Trinajstić information content (AvgIpc) is 2.36. The number of ether oxygens (including phenoxy) is 2. The molecule has 2 N–H and O–H groups in total. The molecule has 0 aliphatic rings. The molecule has 0 heterocycles. The molecule has 0 saturated carbocycles. The van der Waals surface area contributed by atoms with Crippen molar-refractivity contribution in [2.24, 2.45) is 5.73 Å². The summed E-state index contributed by atoms with van der Waals surface area (Å²) in [5.41, 5.74) is 6.15. The van der Waals surface area contributed by atoms with Gasteiger partial charge in [0.2, 0.25) is 0 Å². The first-order valence-corrected chi connectivity index (χ1v) is 6.19. The summed E-state index contributed by atoms with van der Waals surface area (Å²) >= 11 is 0. The molecule has 3 nitrogen and oxygen atoms in total. The lowest BCUT2D eigenvalue weighted by molar-refractivity contribution is 0.0171. The van der Waals surface area contributed by atoms with E-state index in [-0.39, 0.29) is 11.5 Å². The van der Waals surface area contributed by atoms with Crippen LogP contribution in [-0.4, -0.2) is 20.8 Å². The van der Waals surface area contributed by atoms with E-state index in [4.69, 9.17) is 15.2 Å². The lowest BCUT2D eigenvalue weighted by Gasteiger charge is -2.21. The molecule has 0 amide bonds. The Labute approximate surface area is 112 Å². The van der Waals surface area contributed by atoms with E-state index in [9.17, 15) is 8.78 Å². The third kappa shape index (κ3) is 3.56. The van der Waals surface area contributed by atoms with Gasteiger partial charge in [-0.15, -0.1) is 0 Å². The Morgan fingerprint density at radius 2 is 1.89 bits per heavy atom. The number of rotatable bonds is 6. The minimum absolute atomic E-state index is 0.0242. The van der Waals surface area contributed by atoms with E-state index in [0.717, 1.165) is 6.92 Å². The zero-order valence-corrected chi connectivity index (χ0v) is 11.8. The number of nitrogens with two attached hydrogens (primary N) is 1. The molecular weight excluding hydrogens is 252 g/mol. The summed E-state index contributed by atoms with van der Waals surface area (Å²) in [5.74, 6) is -2.08. The van der Waals surface area contributed by atoms with E-state index in [1.165, 1.54) is 26.4 Å². The van der Waals surface area contributed by atoms with Crippen LogP contribution in [0.3, 0.4) is 0 Å². The smallest absolute Gasteiger partial charge is 0.270 e. The van der Waals surface area contributed by atoms with Crippen LogP contribution in [0.4, 0.5) is 8.78 Å². The maximum Gasteiger partial charge on any atom is 0.270 e. The molecule has 1 atom stereocenters. The van der Waals surface area contributed by atoms with Gasteiger partial charge in [-0.1, -0.05) is 6.92 Å². The second kappa shape index (κ2) is 6.19. The Hall–Kier alpha value is -1.36. The van der Waals surface area contributed by atoms with Crippen LogP contribution in [0.1, 0.15) is 37.3 Å². The minimum Gasteiger partial charge on any atom is -0.493 e. The topological polar surface area (TPSA) is 44.5 Å². The van der Waals surface area contributed by atoms with Gasteiger partial charge in [-0.2, -0.15) is 0 Å². The standard InChI is InChI=1S/C14H21F2NO2/c1-9(5-6-17)11-7-10(14(2,15)16)8-12(18-3)13(11)19-4/h7-9H,5-6,17H2,1-4H3. The Kier molecular flexibility index (Phi) is 5.11. The summed E-state index contributed by atoms with van der Waals surface area (Å²) in [6.07, 6.45) is 0.693. The first kappa shape index (κ1) is 15.7. The molecule has 108 valence electrons. The molecule has 1 unspecified atom stereocenters. The number of alkyl halides is 2. The maximum atomic E-state index is 13.5. The highest BCUT2D eigenvalue weighted by molar-refractivity contribution is 5.51. The second-order valence-electron chi connectivity index (χ2n) is 4.67. The average molecular weight is 273 g/mol. The van der Waals surface area contributed by atoms with Crippen LogP contribution in [-0.2, 0) is 5.92 Å². The van der Waals surface area contributed by atoms with Crippen LogP contribution < -0.4 is 15.2 Å². The first-order chi connectivity index (χ1) is 8.85. The molecular formula is C14H21F2NO2. The Morgan fingerprint density at radius 1 is 1.26 bits per heavy atom. The van der Waals surface area contributed by atoms with E-state index in [0.29, 0.717) is 30.0 Å². The SMILES string of the molecule is COc1cc(C(C)(F)F)cc(C(C)CCN)c1OC. The molecule has 1 aromatic carbocycles. The van der Waals surface area contributed by atoms with E-state index < -0.39 is 5.92 Å². The number of methoxy groups -OCH3 is 2. The van der Waals surface area contributed by atoms with Crippen LogP contribution in [0.2, 0.25) is 0 Å². The van der Waals surface area contributed by atoms with E-state index in [1.807, 2.05) is 6.92 Å². The summed E-state index contributed by atoms with van der Waals surface area (Å²) in [6, 6.07) is 2.79. The van der Waals surface area contributed by atoms with Crippen LogP contribution in [0.5, 0.6) is 11.5 Å². The number of hydrogen-bond donors (Lipinski definition) is 1. The molecule has 19 heavy (non-hydrogen) atoms. The Morgan fingerprint density at radius 3 is 2.32 bits per heavy atom. The van der Waals surface area contributed by atoms with Crippen molar-refractivity contribution in [3.8, 4) is 11.5 Å². The summed E-state index contributed by atoms with van der Waals surface area (Å²) in [4.78, 5) is 0. The lowest BCUT2D eigenvalue weighted by atomic mass is 9.93. The fourth-order valence-electron chi connectivity index (χ4n) is 2.02. The van der Waals surface area contributed by atoms with Crippen molar-refractivity contribution in [1.82, 2.24) is 0 Å². The molecule has 0 fully saturated rings. The normalized spacial score (nSPS) is 13.2. The highest BCUT2D eigenvalue weighted by Gasteiger charge is 2.28. The van der Waals surface area contributed by atoms with Crippen molar-refractivity contribution < 1.29 is 18.3 Å². The maximum absolute atomic E-state index is 13.5. The van der Waals surface area contributed by atoms with Crippen molar-refractivity contribution in [1.29, 1.82) is 0 Å². The van der Waals surface area contributed by atoms with Gasteiger partial charge in [-0.3, -0.25) is 0 Å². The molecule has 0 aromatic heterocycles. The molecule has 0 saturated heterocycles. The van der Waals surface area contributed by atoms with Crippen molar-refractivity contribution >= 4 is 0 Å². The summed E-state index contributed by atoms with van der Waals surface area (Å²) in [7, 11) is 2.94. The number of benzene rings is 1. The van der Waals surface area contributed by atoms with Gasteiger partial charge >= 0.3 is 0 Å². The van der Waals surface area contributed by atoms with Gasteiger partial charge in [0.25, 0.3) is 5.92 Å². The predicted molar refractivity (Wildman–Crippen MR) is 71.2 cm³/mol. The molecule has 0 radical (unpaired) electrons. The Bertz CT molecular complexity index is 430. The fraction of sp³-hybridized carbons (Fsp3) is 0.571. The van der Waals surface area contributed by atoms with E-state index in [2.05, 4.69) is 0 Å². The highest BCUT2D eigenvalue weighted by atomic mass is 19.3. The van der Waals surface area contributed by atoms with Gasteiger partial charge in [0.1, 0.15) is 0 Å². The van der Waals surface area contributed by atoms with E-state index >= 15 is 0 Å².